The number of nitrogens with zero attached hydrogens (tertiary/aromatic N) is 1. The van der Waals surface area contributed by atoms with Crippen molar-refractivity contribution in [1.82, 2.24) is 15.2 Å². The Morgan fingerprint density at radius 2 is 2.05 bits per heavy atom. The molecular formula is C17H23N3O. The Hall–Kier alpha value is -1.65. The Morgan fingerprint density at radius 3 is 2.86 bits per heavy atom. The average molecular weight is 285 g/mol. The lowest BCUT2D eigenvalue weighted by atomic mass is 9.97. The number of likely N-dealkylation sites (tertiary alicyclic amines) is 1. The van der Waals surface area contributed by atoms with E-state index in [0.29, 0.717) is 6.54 Å². The van der Waals surface area contributed by atoms with E-state index in [1.165, 1.54) is 25.9 Å². The van der Waals surface area contributed by atoms with Gasteiger partial charge in [-0.2, -0.15) is 0 Å². The van der Waals surface area contributed by atoms with Gasteiger partial charge in [0.25, 0.3) is 5.56 Å². The fourth-order valence-corrected chi connectivity index (χ4v) is 3.00. The van der Waals surface area contributed by atoms with Crippen molar-refractivity contribution in [2.45, 2.75) is 19.4 Å². The summed E-state index contributed by atoms with van der Waals surface area (Å²) in [6.07, 6.45) is 2.50. The molecule has 0 spiro atoms. The third kappa shape index (κ3) is 3.52. The number of pyridine rings is 1. The normalized spacial score (nSPS) is 17.4. The van der Waals surface area contributed by atoms with Gasteiger partial charge in [0.2, 0.25) is 0 Å². The minimum absolute atomic E-state index is 0.0181. The molecule has 0 atom stereocenters. The maximum atomic E-state index is 12.1. The van der Waals surface area contributed by atoms with Gasteiger partial charge in [0.05, 0.1) is 0 Å². The van der Waals surface area contributed by atoms with Crippen LogP contribution in [-0.4, -0.2) is 36.6 Å². The Labute approximate surface area is 125 Å². The van der Waals surface area contributed by atoms with E-state index in [0.717, 1.165) is 28.9 Å². The maximum Gasteiger partial charge on any atom is 0.252 e. The number of H-pyrrole nitrogens is 1. The summed E-state index contributed by atoms with van der Waals surface area (Å²) in [5, 5.41) is 4.54. The summed E-state index contributed by atoms with van der Waals surface area (Å²) in [5.74, 6) is 0.737. The van der Waals surface area contributed by atoms with Gasteiger partial charge >= 0.3 is 0 Å². The number of rotatable bonds is 4. The molecule has 2 N–H and O–H groups in total. The zero-order valence-corrected chi connectivity index (χ0v) is 12.6. The molecule has 1 saturated heterocycles. The quantitative estimate of drug-likeness (QED) is 0.903. The van der Waals surface area contributed by atoms with Crippen molar-refractivity contribution in [3.05, 3.63) is 46.2 Å². The first-order chi connectivity index (χ1) is 10.2. The number of hydrogen-bond donors (Lipinski definition) is 2. The van der Waals surface area contributed by atoms with Crippen molar-refractivity contribution < 1.29 is 0 Å². The second kappa shape index (κ2) is 6.41. The summed E-state index contributed by atoms with van der Waals surface area (Å²) >= 11 is 0. The number of nitrogens with one attached hydrogen (secondary N) is 2. The molecular weight excluding hydrogens is 262 g/mol. The molecule has 3 rings (SSSR count). The zero-order chi connectivity index (χ0) is 14.7. The summed E-state index contributed by atoms with van der Waals surface area (Å²) in [4.78, 5) is 17.4. The van der Waals surface area contributed by atoms with Crippen LogP contribution >= 0.6 is 0 Å². The molecule has 0 saturated carbocycles. The second-order valence-electron chi connectivity index (χ2n) is 6.09. The zero-order valence-electron chi connectivity index (χ0n) is 12.6. The highest BCUT2D eigenvalue weighted by atomic mass is 16.1. The van der Waals surface area contributed by atoms with Crippen LogP contribution in [0.2, 0.25) is 0 Å². The Kier molecular flexibility index (Phi) is 4.36. The van der Waals surface area contributed by atoms with Gasteiger partial charge in [-0.05, 0) is 63.0 Å². The standard InChI is InChI=1S/C17H23N3O/c1-20-8-6-13(7-9-20)11-18-12-15-10-14-4-2-3-5-16(14)19-17(15)21/h2-5,10,13,18H,6-9,11-12H2,1H3,(H,19,21). The highest BCUT2D eigenvalue weighted by Crippen LogP contribution is 2.15. The largest absolute Gasteiger partial charge is 0.322 e. The first kappa shape index (κ1) is 14.3. The lowest BCUT2D eigenvalue weighted by Crippen LogP contribution is -2.35. The monoisotopic (exact) mass is 285 g/mol. The van der Waals surface area contributed by atoms with Crippen LogP contribution in [-0.2, 0) is 6.54 Å². The van der Waals surface area contributed by atoms with E-state index in [-0.39, 0.29) is 5.56 Å². The molecule has 4 nitrogen and oxygen atoms in total. The molecule has 0 radical (unpaired) electrons. The smallest absolute Gasteiger partial charge is 0.252 e. The maximum absolute atomic E-state index is 12.1. The molecule has 1 aliphatic heterocycles. The molecule has 1 aliphatic rings. The van der Waals surface area contributed by atoms with E-state index in [1.807, 2.05) is 30.3 Å². The molecule has 4 heteroatoms. The summed E-state index contributed by atoms with van der Waals surface area (Å²) in [6.45, 7) is 4.01. The van der Waals surface area contributed by atoms with Crippen molar-refractivity contribution in [2.75, 3.05) is 26.7 Å². The summed E-state index contributed by atoms with van der Waals surface area (Å²) in [7, 11) is 2.18. The van der Waals surface area contributed by atoms with Gasteiger partial charge in [-0.15, -0.1) is 0 Å². The molecule has 1 fully saturated rings. The number of aromatic nitrogens is 1. The van der Waals surface area contributed by atoms with Crippen LogP contribution < -0.4 is 10.9 Å². The Bertz CT molecular complexity index is 656. The summed E-state index contributed by atoms with van der Waals surface area (Å²) in [6, 6.07) is 9.90. The van der Waals surface area contributed by atoms with Gasteiger partial charge in [-0.25, -0.2) is 0 Å². The molecule has 0 aliphatic carbocycles. The second-order valence-corrected chi connectivity index (χ2v) is 6.09. The van der Waals surface area contributed by atoms with Crippen LogP contribution in [0.5, 0.6) is 0 Å². The number of benzene rings is 1. The number of aromatic amines is 1. The molecule has 2 heterocycles. The average Bonchev–Trinajstić information content (AvgIpc) is 2.50. The predicted molar refractivity (Wildman–Crippen MR) is 86.5 cm³/mol. The fourth-order valence-electron chi connectivity index (χ4n) is 3.00. The van der Waals surface area contributed by atoms with Crippen molar-refractivity contribution >= 4 is 10.9 Å². The van der Waals surface area contributed by atoms with Gasteiger partial charge in [0, 0.05) is 17.6 Å². The lowest BCUT2D eigenvalue weighted by Gasteiger charge is -2.29. The molecule has 1 aromatic heterocycles. The van der Waals surface area contributed by atoms with Crippen molar-refractivity contribution in [2.24, 2.45) is 5.92 Å². The van der Waals surface area contributed by atoms with Crippen molar-refractivity contribution in [1.29, 1.82) is 0 Å². The van der Waals surface area contributed by atoms with Gasteiger partial charge in [0.15, 0.2) is 0 Å². The molecule has 0 bridgehead atoms. The van der Waals surface area contributed by atoms with Gasteiger partial charge in [-0.3, -0.25) is 4.79 Å². The SMILES string of the molecule is CN1CCC(CNCc2cc3ccccc3[nH]c2=O)CC1. The molecule has 0 unspecified atom stereocenters. The van der Waals surface area contributed by atoms with Crippen LogP contribution in [0.3, 0.4) is 0 Å². The van der Waals surface area contributed by atoms with Crippen molar-refractivity contribution in [3.8, 4) is 0 Å². The third-order valence-electron chi connectivity index (χ3n) is 4.42. The van der Waals surface area contributed by atoms with Crippen LogP contribution in [0.25, 0.3) is 10.9 Å². The minimum Gasteiger partial charge on any atom is -0.322 e. The Balaban J connectivity index is 1.60. The van der Waals surface area contributed by atoms with Crippen molar-refractivity contribution in [3.63, 3.8) is 0 Å². The van der Waals surface area contributed by atoms with Gasteiger partial charge in [0.1, 0.15) is 0 Å². The predicted octanol–water partition coefficient (Wildman–Crippen LogP) is 1.96. The minimum atomic E-state index is 0.0181. The van der Waals surface area contributed by atoms with E-state index >= 15 is 0 Å². The molecule has 1 aromatic carbocycles. The molecule has 0 amide bonds. The van der Waals surface area contributed by atoms with Gasteiger partial charge in [-0.1, -0.05) is 18.2 Å². The van der Waals surface area contributed by atoms with Gasteiger partial charge < -0.3 is 15.2 Å². The highest BCUT2D eigenvalue weighted by Gasteiger charge is 2.16. The van der Waals surface area contributed by atoms with E-state index in [2.05, 4.69) is 22.2 Å². The first-order valence-corrected chi connectivity index (χ1v) is 7.72. The first-order valence-electron chi connectivity index (χ1n) is 7.72. The number of piperidine rings is 1. The van der Waals surface area contributed by atoms with E-state index < -0.39 is 0 Å². The fraction of sp³-hybridized carbons (Fsp3) is 0.471. The number of fused-ring (bicyclic) bond motifs is 1. The van der Waals surface area contributed by atoms with E-state index in [9.17, 15) is 4.79 Å². The van der Waals surface area contributed by atoms with E-state index in [1.54, 1.807) is 0 Å². The molecule has 2 aromatic rings. The van der Waals surface area contributed by atoms with Crippen LogP contribution in [0.4, 0.5) is 0 Å². The lowest BCUT2D eigenvalue weighted by molar-refractivity contribution is 0.216. The van der Waals surface area contributed by atoms with Crippen LogP contribution in [0.15, 0.2) is 35.1 Å². The Morgan fingerprint density at radius 1 is 1.29 bits per heavy atom. The molecule has 21 heavy (non-hydrogen) atoms. The van der Waals surface area contributed by atoms with E-state index in [4.69, 9.17) is 0 Å². The summed E-state index contributed by atoms with van der Waals surface area (Å²) in [5.41, 5.74) is 1.74. The van der Waals surface area contributed by atoms with Crippen LogP contribution in [0.1, 0.15) is 18.4 Å². The third-order valence-corrected chi connectivity index (χ3v) is 4.42. The highest BCUT2D eigenvalue weighted by molar-refractivity contribution is 5.78. The molecule has 112 valence electrons. The number of para-hydroxylation sites is 1. The number of hydrogen-bond acceptors (Lipinski definition) is 3. The summed E-state index contributed by atoms with van der Waals surface area (Å²) < 4.78 is 0. The topological polar surface area (TPSA) is 48.1 Å². The van der Waals surface area contributed by atoms with Crippen LogP contribution in [0, 0.1) is 5.92 Å².